The quantitative estimate of drug-likeness (QED) is 0.358. The van der Waals surface area contributed by atoms with E-state index in [1.54, 1.807) is 29.6 Å². The Bertz CT molecular complexity index is 1780. The number of piperidine rings is 1. The minimum atomic E-state index is -3.96. The smallest absolute Gasteiger partial charge is 0.252 e. The summed E-state index contributed by atoms with van der Waals surface area (Å²) in [6.07, 6.45) is 2.66. The van der Waals surface area contributed by atoms with Crippen molar-refractivity contribution in [3.63, 3.8) is 0 Å². The van der Waals surface area contributed by atoms with Gasteiger partial charge >= 0.3 is 0 Å². The lowest BCUT2D eigenvalue weighted by Gasteiger charge is -2.37. The number of amides is 2. The van der Waals surface area contributed by atoms with Gasteiger partial charge in [0.2, 0.25) is 21.8 Å². The van der Waals surface area contributed by atoms with Gasteiger partial charge in [-0.15, -0.1) is 11.3 Å². The standard InChI is InChI=1S/C30H36BrN5O6S3/c31-24-9-7-23-19-26(10-8-22(23)18-24)44(39,40)32-27-5-2-11-34(30(27)38)21-28(37)36-12-1-4-25(36)20-33-13-15-35(16-14-33)45(41,42)29-6-3-17-43-29/h3,6-10,17-19,25,27,32H,1-2,4-5,11-16,20-21H2/t25-,27-/m0/s1. The Morgan fingerprint density at radius 1 is 0.911 bits per heavy atom. The topological polar surface area (TPSA) is 127 Å². The Labute approximate surface area is 276 Å². The predicted octanol–water partition coefficient (Wildman–Crippen LogP) is 2.93. The monoisotopic (exact) mass is 737 g/mol. The van der Waals surface area contributed by atoms with Gasteiger partial charge < -0.3 is 9.80 Å². The number of benzene rings is 2. The average molecular weight is 739 g/mol. The molecular weight excluding hydrogens is 702 g/mol. The van der Waals surface area contributed by atoms with E-state index in [0.717, 1.165) is 28.1 Å². The minimum Gasteiger partial charge on any atom is -0.337 e. The number of thiophene rings is 1. The molecular formula is C30H36BrN5O6S3. The van der Waals surface area contributed by atoms with Crippen molar-refractivity contribution in [1.82, 2.24) is 23.7 Å². The van der Waals surface area contributed by atoms with Crippen molar-refractivity contribution in [3.05, 3.63) is 58.4 Å². The van der Waals surface area contributed by atoms with E-state index in [-0.39, 0.29) is 29.3 Å². The molecule has 3 saturated heterocycles. The number of piperazine rings is 1. The van der Waals surface area contributed by atoms with Crippen LogP contribution in [0.2, 0.25) is 0 Å². The second-order valence-electron chi connectivity index (χ2n) is 11.7. The van der Waals surface area contributed by atoms with Gasteiger partial charge in [0.15, 0.2) is 0 Å². The summed E-state index contributed by atoms with van der Waals surface area (Å²) < 4.78 is 57.6. The fourth-order valence-corrected chi connectivity index (χ4v) is 10.6. The van der Waals surface area contributed by atoms with Gasteiger partial charge in [-0.2, -0.15) is 9.03 Å². The van der Waals surface area contributed by atoms with E-state index in [0.29, 0.717) is 62.9 Å². The molecule has 15 heteroatoms. The first-order valence-corrected chi connectivity index (χ1v) is 19.7. The van der Waals surface area contributed by atoms with Gasteiger partial charge in [-0.25, -0.2) is 16.8 Å². The van der Waals surface area contributed by atoms with Gasteiger partial charge in [0.05, 0.1) is 11.4 Å². The van der Waals surface area contributed by atoms with E-state index < -0.39 is 26.1 Å². The van der Waals surface area contributed by atoms with Crippen LogP contribution in [0.3, 0.4) is 0 Å². The molecule has 242 valence electrons. The first kappa shape index (κ1) is 32.5. The summed E-state index contributed by atoms with van der Waals surface area (Å²) in [5.74, 6) is -0.532. The molecule has 3 aromatic rings. The van der Waals surface area contributed by atoms with Crippen molar-refractivity contribution in [2.45, 2.75) is 46.9 Å². The number of carbonyl (C=O) groups excluding carboxylic acids is 2. The van der Waals surface area contributed by atoms with E-state index in [2.05, 4.69) is 25.6 Å². The average Bonchev–Trinajstić information content (AvgIpc) is 3.73. The molecule has 2 amide bonds. The maximum Gasteiger partial charge on any atom is 0.252 e. The number of hydrogen-bond donors (Lipinski definition) is 1. The lowest BCUT2D eigenvalue weighted by molar-refractivity contribution is -0.143. The normalized spacial score (nSPS) is 22.4. The number of rotatable bonds is 9. The molecule has 0 unspecified atom stereocenters. The first-order chi connectivity index (χ1) is 21.5. The summed E-state index contributed by atoms with van der Waals surface area (Å²) in [6, 6.07) is 12.9. The second-order valence-corrected chi connectivity index (χ2v) is 17.5. The summed E-state index contributed by atoms with van der Waals surface area (Å²) in [6.45, 7) is 3.53. The van der Waals surface area contributed by atoms with Crippen molar-refractivity contribution in [2.24, 2.45) is 0 Å². The van der Waals surface area contributed by atoms with Crippen LogP contribution in [-0.2, 0) is 29.6 Å². The van der Waals surface area contributed by atoms with Crippen molar-refractivity contribution in [3.8, 4) is 0 Å². The van der Waals surface area contributed by atoms with E-state index in [4.69, 9.17) is 0 Å². The molecule has 1 aromatic heterocycles. The SMILES string of the molecule is O=C1[C@@H](NS(=O)(=O)c2ccc3cc(Br)ccc3c2)CCCN1CC(=O)N1CCC[C@H]1CN1CCN(S(=O)(=O)c2cccs2)CC1. The molecule has 1 N–H and O–H groups in total. The molecule has 2 atom stereocenters. The maximum absolute atomic E-state index is 13.5. The number of nitrogens with zero attached hydrogens (tertiary/aromatic N) is 4. The predicted molar refractivity (Wildman–Crippen MR) is 176 cm³/mol. The number of halogens is 1. The van der Waals surface area contributed by atoms with E-state index in [9.17, 15) is 26.4 Å². The molecule has 45 heavy (non-hydrogen) atoms. The van der Waals surface area contributed by atoms with Crippen molar-refractivity contribution >= 4 is 69.9 Å². The zero-order valence-electron chi connectivity index (χ0n) is 24.7. The Hall–Kier alpha value is -2.40. The number of nitrogens with one attached hydrogen (secondary N) is 1. The molecule has 0 spiro atoms. The number of fused-ring (bicyclic) bond motifs is 1. The van der Waals surface area contributed by atoms with Crippen molar-refractivity contribution in [1.29, 1.82) is 0 Å². The molecule has 0 radical (unpaired) electrons. The number of sulfonamides is 2. The van der Waals surface area contributed by atoms with Crippen molar-refractivity contribution < 1.29 is 26.4 Å². The zero-order chi connectivity index (χ0) is 31.8. The van der Waals surface area contributed by atoms with E-state index >= 15 is 0 Å². The Morgan fingerprint density at radius 2 is 1.64 bits per heavy atom. The van der Waals surface area contributed by atoms with Gasteiger partial charge in [-0.1, -0.05) is 34.1 Å². The van der Waals surface area contributed by atoms with Crippen LogP contribution < -0.4 is 4.72 Å². The third kappa shape index (κ3) is 7.14. The zero-order valence-corrected chi connectivity index (χ0v) is 28.7. The van der Waals surface area contributed by atoms with Crippen LogP contribution >= 0.6 is 27.3 Å². The second kappa shape index (κ2) is 13.4. The van der Waals surface area contributed by atoms with Crippen LogP contribution in [0.4, 0.5) is 0 Å². The summed E-state index contributed by atoms with van der Waals surface area (Å²) in [5.41, 5.74) is 0. The van der Waals surface area contributed by atoms with E-state index in [1.807, 2.05) is 23.1 Å². The highest BCUT2D eigenvalue weighted by Crippen LogP contribution is 2.26. The minimum absolute atomic E-state index is 0.0133. The van der Waals surface area contributed by atoms with Gasteiger partial charge in [0, 0.05) is 56.3 Å². The molecule has 6 rings (SSSR count). The molecule has 11 nitrogen and oxygen atoms in total. The molecule has 2 aromatic carbocycles. The van der Waals surface area contributed by atoms with Crippen LogP contribution in [0.1, 0.15) is 25.7 Å². The highest BCUT2D eigenvalue weighted by Gasteiger charge is 2.37. The highest BCUT2D eigenvalue weighted by molar-refractivity contribution is 9.10. The molecule has 4 heterocycles. The highest BCUT2D eigenvalue weighted by atomic mass is 79.9. The Balaban J connectivity index is 1.03. The fourth-order valence-electron chi connectivity index (χ4n) is 6.42. The number of likely N-dealkylation sites (tertiary alicyclic amines) is 2. The lowest BCUT2D eigenvalue weighted by atomic mass is 10.1. The molecule has 3 fully saturated rings. The van der Waals surface area contributed by atoms with Gasteiger partial charge in [0.1, 0.15) is 10.3 Å². The van der Waals surface area contributed by atoms with Crippen LogP contribution in [0.15, 0.2) is 67.5 Å². The Kier molecular flexibility index (Phi) is 9.67. The van der Waals surface area contributed by atoms with Gasteiger partial charge in [-0.05, 0) is 72.2 Å². The van der Waals surface area contributed by atoms with Crippen molar-refractivity contribution in [2.75, 3.05) is 52.4 Å². The molecule has 0 saturated carbocycles. The van der Waals surface area contributed by atoms with Gasteiger partial charge in [-0.3, -0.25) is 14.5 Å². The summed E-state index contributed by atoms with van der Waals surface area (Å²) in [4.78, 5) is 32.5. The fraction of sp³-hybridized carbons (Fsp3) is 0.467. The largest absolute Gasteiger partial charge is 0.337 e. The molecule has 0 aliphatic carbocycles. The summed E-state index contributed by atoms with van der Waals surface area (Å²) in [7, 11) is -7.44. The van der Waals surface area contributed by atoms with Gasteiger partial charge in [0.25, 0.3) is 10.0 Å². The third-order valence-electron chi connectivity index (χ3n) is 8.83. The van der Waals surface area contributed by atoms with Crippen LogP contribution in [0, 0.1) is 0 Å². The van der Waals surface area contributed by atoms with Crippen LogP contribution in [0.5, 0.6) is 0 Å². The molecule has 3 aliphatic rings. The number of hydrogen-bond acceptors (Lipinski definition) is 8. The van der Waals surface area contributed by atoms with E-state index in [1.165, 1.54) is 26.6 Å². The van der Waals surface area contributed by atoms with Crippen LogP contribution in [-0.4, -0.2) is 112 Å². The molecule has 3 aliphatic heterocycles. The summed E-state index contributed by atoms with van der Waals surface area (Å²) >= 11 is 4.64. The maximum atomic E-state index is 13.5. The lowest BCUT2D eigenvalue weighted by Crippen LogP contribution is -2.56. The first-order valence-electron chi connectivity index (χ1n) is 15.1. The third-order valence-corrected chi connectivity index (χ3v) is 14.1. The Morgan fingerprint density at radius 3 is 2.40 bits per heavy atom. The van der Waals surface area contributed by atoms with Crippen LogP contribution in [0.25, 0.3) is 10.8 Å². The molecule has 0 bridgehead atoms. The number of carbonyl (C=O) groups is 2. The summed E-state index contributed by atoms with van der Waals surface area (Å²) in [5, 5.41) is 3.43.